The number of carbonyl (C=O) groups excluding carboxylic acids is 1. The lowest BCUT2D eigenvalue weighted by Crippen LogP contribution is -2.35. The average Bonchev–Trinajstić information content (AvgIpc) is 2.27. The summed E-state index contributed by atoms with van der Waals surface area (Å²) in [6, 6.07) is 9.54. The van der Waals surface area contributed by atoms with E-state index in [2.05, 4.69) is 5.32 Å². The number of nitrogens with one attached hydrogen (secondary N) is 1. The Labute approximate surface area is 102 Å². The zero-order chi connectivity index (χ0) is 12.1. The summed E-state index contributed by atoms with van der Waals surface area (Å²) in [5.41, 5.74) is 0.908. The predicted molar refractivity (Wildman–Crippen MR) is 66.4 cm³/mol. The van der Waals surface area contributed by atoms with Crippen LogP contribution in [0.4, 0.5) is 0 Å². The SMILES string of the molecule is O=C(NCC[C@@H](O)c1ccccc1)C1CCC1. The lowest BCUT2D eigenvalue weighted by molar-refractivity contribution is -0.127. The van der Waals surface area contributed by atoms with Crippen LogP contribution < -0.4 is 5.32 Å². The molecule has 3 nitrogen and oxygen atoms in total. The highest BCUT2D eigenvalue weighted by atomic mass is 16.3. The van der Waals surface area contributed by atoms with E-state index >= 15 is 0 Å². The fourth-order valence-electron chi connectivity index (χ4n) is 1.99. The molecule has 1 amide bonds. The van der Waals surface area contributed by atoms with Gasteiger partial charge in [0.1, 0.15) is 0 Å². The molecule has 17 heavy (non-hydrogen) atoms. The van der Waals surface area contributed by atoms with Gasteiger partial charge < -0.3 is 10.4 Å². The molecule has 1 aromatic carbocycles. The maximum absolute atomic E-state index is 11.6. The van der Waals surface area contributed by atoms with E-state index in [0.717, 1.165) is 18.4 Å². The van der Waals surface area contributed by atoms with E-state index in [1.54, 1.807) is 0 Å². The van der Waals surface area contributed by atoms with Crippen molar-refractivity contribution in [3.05, 3.63) is 35.9 Å². The number of benzene rings is 1. The van der Waals surface area contributed by atoms with Crippen LogP contribution in [-0.2, 0) is 4.79 Å². The molecule has 0 bridgehead atoms. The number of carbonyl (C=O) groups is 1. The largest absolute Gasteiger partial charge is 0.388 e. The monoisotopic (exact) mass is 233 g/mol. The van der Waals surface area contributed by atoms with Gasteiger partial charge in [-0.2, -0.15) is 0 Å². The molecule has 2 rings (SSSR count). The fourth-order valence-corrected chi connectivity index (χ4v) is 1.99. The van der Waals surface area contributed by atoms with Crippen LogP contribution in [0.2, 0.25) is 0 Å². The molecule has 0 heterocycles. The number of rotatable bonds is 5. The van der Waals surface area contributed by atoms with Crippen LogP contribution in [0.25, 0.3) is 0 Å². The summed E-state index contributed by atoms with van der Waals surface area (Å²) in [6.07, 6.45) is 3.30. The van der Waals surface area contributed by atoms with Crippen molar-refractivity contribution < 1.29 is 9.90 Å². The second-order valence-electron chi connectivity index (χ2n) is 4.63. The minimum Gasteiger partial charge on any atom is -0.388 e. The second-order valence-corrected chi connectivity index (χ2v) is 4.63. The van der Waals surface area contributed by atoms with Crippen LogP contribution in [0, 0.1) is 5.92 Å². The van der Waals surface area contributed by atoms with Gasteiger partial charge in [-0.3, -0.25) is 4.79 Å². The van der Waals surface area contributed by atoms with Crippen LogP contribution in [0.3, 0.4) is 0 Å². The van der Waals surface area contributed by atoms with Gasteiger partial charge in [-0.25, -0.2) is 0 Å². The molecule has 0 spiro atoms. The Kier molecular flexibility index (Phi) is 4.15. The molecular weight excluding hydrogens is 214 g/mol. The number of amides is 1. The maximum Gasteiger partial charge on any atom is 0.223 e. The highest BCUT2D eigenvalue weighted by molar-refractivity contribution is 5.79. The smallest absolute Gasteiger partial charge is 0.223 e. The summed E-state index contributed by atoms with van der Waals surface area (Å²) in [5, 5.41) is 12.8. The molecule has 1 aromatic rings. The normalized spacial score (nSPS) is 17.2. The van der Waals surface area contributed by atoms with Crippen molar-refractivity contribution in [2.24, 2.45) is 5.92 Å². The van der Waals surface area contributed by atoms with Crippen molar-refractivity contribution in [3.63, 3.8) is 0 Å². The summed E-state index contributed by atoms with van der Waals surface area (Å²) in [4.78, 5) is 11.6. The summed E-state index contributed by atoms with van der Waals surface area (Å²) >= 11 is 0. The van der Waals surface area contributed by atoms with Gasteiger partial charge in [-0.05, 0) is 24.8 Å². The molecule has 92 valence electrons. The van der Waals surface area contributed by atoms with Crippen molar-refractivity contribution in [1.82, 2.24) is 5.32 Å². The Morgan fingerprint density at radius 1 is 1.35 bits per heavy atom. The number of aliphatic hydroxyl groups excluding tert-OH is 1. The van der Waals surface area contributed by atoms with E-state index in [1.807, 2.05) is 30.3 Å². The van der Waals surface area contributed by atoms with Crippen molar-refractivity contribution in [2.75, 3.05) is 6.54 Å². The van der Waals surface area contributed by atoms with Gasteiger partial charge in [0.15, 0.2) is 0 Å². The third-order valence-corrected chi connectivity index (χ3v) is 3.38. The van der Waals surface area contributed by atoms with E-state index in [0.29, 0.717) is 13.0 Å². The third-order valence-electron chi connectivity index (χ3n) is 3.38. The number of hydrogen-bond acceptors (Lipinski definition) is 2. The lowest BCUT2D eigenvalue weighted by Gasteiger charge is -2.24. The van der Waals surface area contributed by atoms with E-state index in [9.17, 15) is 9.90 Å². The van der Waals surface area contributed by atoms with Gasteiger partial charge in [0.05, 0.1) is 6.10 Å². The number of hydrogen-bond donors (Lipinski definition) is 2. The van der Waals surface area contributed by atoms with Gasteiger partial charge in [0.25, 0.3) is 0 Å². The number of aliphatic hydroxyl groups is 1. The maximum atomic E-state index is 11.6. The van der Waals surface area contributed by atoms with Gasteiger partial charge in [0.2, 0.25) is 5.91 Å². The van der Waals surface area contributed by atoms with Crippen LogP contribution >= 0.6 is 0 Å². The standard InChI is InChI=1S/C14H19NO2/c16-13(11-5-2-1-3-6-11)9-10-15-14(17)12-7-4-8-12/h1-3,5-6,12-13,16H,4,7-10H2,(H,15,17)/t13-/m1/s1. The van der Waals surface area contributed by atoms with E-state index in [1.165, 1.54) is 6.42 Å². The zero-order valence-corrected chi connectivity index (χ0v) is 9.93. The minimum atomic E-state index is -0.488. The molecule has 0 unspecified atom stereocenters. The van der Waals surface area contributed by atoms with Crippen LogP contribution in [0.5, 0.6) is 0 Å². The van der Waals surface area contributed by atoms with Crippen molar-refractivity contribution in [2.45, 2.75) is 31.8 Å². The van der Waals surface area contributed by atoms with Crippen LogP contribution in [0.1, 0.15) is 37.4 Å². The second kappa shape index (κ2) is 5.82. The molecule has 1 atom stereocenters. The highest BCUT2D eigenvalue weighted by Gasteiger charge is 2.24. The lowest BCUT2D eigenvalue weighted by atomic mass is 9.85. The van der Waals surface area contributed by atoms with E-state index in [4.69, 9.17) is 0 Å². The Balaban J connectivity index is 1.69. The van der Waals surface area contributed by atoms with Crippen molar-refractivity contribution in [3.8, 4) is 0 Å². The van der Waals surface area contributed by atoms with Crippen molar-refractivity contribution in [1.29, 1.82) is 0 Å². The molecule has 3 heteroatoms. The molecular formula is C14H19NO2. The molecule has 0 radical (unpaired) electrons. The Hall–Kier alpha value is -1.35. The van der Waals surface area contributed by atoms with Crippen LogP contribution in [0.15, 0.2) is 30.3 Å². The molecule has 2 N–H and O–H groups in total. The van der Waals surface area contributed by atoms with E-state index in [-0.39, 0.29) is 11.8 Å². The third kappa shape index (κ3) is 3.30. The Bertz CT molecular complexity index is 360. The molecule has 0 saturated heterocycles. The van der Waals surface area contributed by atoms with Gasteiger partial charge in [0, 0.05) is 12.5 Å². The van der Waals surface area contributed by atoms with E-state index < -0.39 is 6.10 Å². The summed E-state index contributed by atoms with van der Waals surface area (Å²) in [7, 11) is 0. The fraction of sp³-hybridized carbons (Fsp3) is 0.500. The molecule has 1 aliphatic carbocycles. The minimum absolute atomic E-state index is 0.150. The molecule has 1 aliphatic rings. The predicted octanol–water partition coefficient (Wildman–Crippen LogP) is 2.03. The first kappa shape index (κ1) is 12.1. The average molecular weight is 233 g/mol. The topological polar surface area (TPSA) is 49.3 Å². The highest BCUT2D eigenvalue weighted by Crippen LogP contribution is 2.26. The Morgan fingerprint density at radius 2 is 2.06 bits per heavy atom. The summed E-state index contributed by atoms with van der Waals surface area (Å²) < 4.78 is 0. The summed E-state index contributed by atoms with van der Waals surface area (Å²) in [5.74, 6) is 0.375. The van der Waals surface area contributed by atoms with Crippen molar-refractivity contribution >= 4 is 5.91 Å². The van der Waals surface area contributed by atoms with Gasteiger partial charge in [-0.1, -0.05) is 36.8 Å². The Morgan fingerprint density at radius 3 is 2.65 bits per heavy atom. The molecule has 1 saturated carbocycles. The molecule has 0 aliphatic heterocycles. The zero-order valence-electron chi connectivity index (χ0n) is 9.93. The first-order valence-electron chi connectivity index (χ1n) is 6.28. The quantitative estimate of drug-likeness (QED) is 0.817. The van der Waals surface area contributed by atoms with Gasteiger partial charge >= 0.3 is 0 Å². The first-order chi connectivity index (χ1) is 8.27. The summed E-state index contributed by atoms with van der Waals surface area (Å²) in [6.45, 7) is 0.547. The van der Waals surface area contributed by atoms with Gasteiger partial charge in [-0.15, -0.1) is 0 Å². The van der Waals surface area contributed by atoms with Crippen LogP contribution in [-0.4, -0.2) is 17.6 Å². The first-order valence-corrected chi connectivity index (χ1v) is 6.28. The molecule has 0 aromatic heterocycles. The molecule has 1 fully saturated rings.